The smallest absolute Gasteiger partial charge is 0.309 e. The molecule has 0 unspecified atom stereocenters. The largest absolute Gasteiger partial charge is 0.481 e. The van der Waals surface area contributed by atoms with Crippen molar-refractivity contribution >= 4 is 40.6 Å². The van der Waals surface area contributed by atoms with E-state index in [1.54, 1.807) is 24.3 Å². The van der Waals surface area contributed by atoms with Crippen LogP contribution in [0.5, 0.6) is 0 Å². The number of benzene rings is 2. The SMILES string of the molecule is CCc1ccccc1N/C=C1/C(=O)N(c2ccc(NC(C)=O)cc2)N=C1CC(=O)O. The molecule has 0 radical (unpaired) electrons. The monoisotopic (exact) mass is 406 g/mol. The summed E-state index contributed by atoms with van der Waals surface area (Å²) in [5.74, 6) is -1.71. The van der Waals surface area contributed by atoms with Crippen molar-refractivity contribution in [3.63, 3.8) is 0 Å². The minimum absolute atomic E-state index is 0.167. The van der Waals surface area contributed by atoms with E-state index in [1.807, 2.05) is 31.2 Å². The molecule has 0 fully saturated rings. The minimum atomic E-state index is -1.08. The molecule has 1 aliphatic heterocycles. The summed E-state index contributed by atoms with van der Waals surface area (Å²) in [6, 6.07) is 14.2. The molecule has 8 nitrogen and oxygen atoms in total. The Morgan fingerprint density at radius 3 is 2.47 bits per heavy atom. The highest BCUT2D eigenvalue weighted by Gasteiger charge is 2.32. The Hall–Kier alpha value is -3.94. The Morgan fingerprint density at radius 1 is 1.13 bits per heavy atom. The Labute approximate surface area is 173 Å². The van der Waals surface area contributed by atoms with Gasteiger partial charge in [-0.25, -0.2) is 0 Å². The fourth-order valence-corrected chi connectivity index (χ4v) is 3.06. The van der Waals surface area contributed by atoms with Gasteiger partial charge in [0.15, 0.2) is 0 Å². The minimum Gasteiger partial charge on any atom is -0.481 e. The highest BCUT2D eigenvalue weighted by Crippen LogP contribution is 2.26. The van der Waals surface area contributed by atoms with Crippen molar-refractivity contribution in [3.05, 3.63) is 65.9 Å². The molecule has 0 aromatic heterocycles. The van der Waals surface area contributed by atoms with Crippen LogP contribution in [-0.4, -0.2) is 28.6 Å². The highest BCUT2D eigenvalue weighted by atomic mass is 16.4. The van der Waals surface area contributed by atoms with Gasteiger partial charge >= 0.3 is 5.97 Å². The molecule has 0 bridgehead atoms. The third-order valence-electron chi connectivity index (χ3n) is 4.48. The number of para-hydroxylation sites is 1. The molecular weight excluding hydrogens is 384 g/mol. The first kappa shape index (κ1) is 20.8. The summed E-state index contributed by atoms with van der Waals surface area (Å²) in [6.45, 7) is 3.43. The number of carboxylic acid groups (broad SMARTS) is 1. The third-order valence-corrected chi connectivity index (χ3v) is 4.48. The normalized spacial score (nSPS) is 14.6. The lowest BCUT2D eigenvalue weighted by atomic mass is 10.1. The second-order valence-corrected chi connectivity index (χ2v) is 6.68. The van der Waals surface area contributed by atoms with Crippen LogP contribution < -0.4 is 15.6 Å². The van der Waals surface area contributed by atoms with Gasteiger partial charge in [0.1, 0.15) is 0 Å². The zero-order chi connectivity index (χ0) is 21.7. The Bertz CT molecular complexity index is 1040. The van der Waals surface area contributed by atoms with Crippen molar-refractivity contribution in [2.75, 3.05) is 15.6 Å². The van der Waals surface area contributed by atoms with Gasteiger partial charge in [0.25, 0.3) is 5.91 Å². The number of hydrogen-bond donors (Lipinski definition) is 3. The number of anilines is 3. The van der Waals surface area contributed by atoms with Gasteiger partial charge in [-0.1, -0.05) is 25.1 Å². The summed E-state index contributed by atoms with van der Waals surface area (Å²) >= 11 is 0. The summed E-state index contributed by atoms with van der Waals surface area (Å²) in [5, 5.41) is 20.4. The van der Waals surface area contributed by atoms with E-state index in [2.05, 4.69) is 15.7 Å². The molecule has 2 amide bonds. The van der Waals surface area contributed by atoms with Gasteiger partial charge in [-0.05, 0) is 42.3 Å². The quantitative estimate of drug-likeness (QED) is 0.611. The molecule has 1 heterocycles. The number of amides is 2. The molecule has 8 heteroatoms. The molecule has 3 rings (SSSR count). The topological polar surface area (TPSA) is 111 Å². The number of carbonyl (C=O) groups is 3. The van der Waals surface area contributed by atoms with Crippen molar-refractivity contribution in [1.29, 1.82) is 0 Å². The summed E-state index contributed by atoms with van der Waals surface area (Å²) in [7, 11) is 0. The lowest BCUT2D eigenvalue weighted by molar-refractivity contribution is -0.135. The Kier molecular flexibility index (Phi) is 6.26. The van der Waals surface area contributed by atoms with Gasteiger partial charge in [0, 0.05) is 24.5 Å². The lowest BCUT2D eigenvalue weighted by Gasteiger charge is -2.13. The molecule has 0 atom stereocenters. The van der Waals surface area contributed by atoms with Gasteiger partial charge in [0.05, 0.1) is 23.4 Å². The number of nitrogens with zero attached hydrogens (tertiary/aromatic N) is 2. The first-order valence-corrected chi connectivity index (χ1v) is 9.45. The van der Waals surface area contributed by atoms with Gasteiger partial charge in [0.2, 0.25) is 5.91 Å². The van der Waals surface area contributed by atoms with E-state index >= 15 is 0 Å². The van der Waals surface area contributed by atoms with Crippen LogP contribution >= 0.6 is 0 Å². The molecule has 3 N–H and O–H groups in total. The number of carboxylic acids is 1. The fourth-order valence-electron chi connectivity index (χ4n) is 3.06. The second kappa shape index (κ2) is 9.04. The summed E-state index contributed by atoms with van der Waals surface area (Å²) in [5.41, 5.74) is 3.32. The molecule has 1 aliphatic rings. The molecule has 2 aromatic carbocycles. The van der Waals surface area contributed by atoms with Crippen LogP contribution in [0.1, 0.15) is 25.8 Å². The first-order valence-electron chi connectivity index (χ1n) is 9.45. The van der Waals surface area contributed by atoms with Crippen molar-refractivity contribution in [2.45, 2.75) is 26.7 Å². The molecule has 0 saturated heterocycles. The van der Waals surface area contributed by atoms with Crippen LogP contribution in [0.3, 0.4) is 0 Å². The van der Waals surface area contributed by atoms with Crippen LogP contribution in [0.4, 0.5) is 17.1 Å². The van der Waals surface area contributed by atoms with Gasteiger partial charge in [-0.3, -0.25) is 14.4 Å². The van der Waals surface area contributed by atoms with E-state index < -0.39 is 11.9 Å². The van der Waals surface area contributed by atoms with Gasteiger partial charge in [-0.15, -0.1) is 0 Å². The summed E-state index contributed by atoms with van der Waals surface area (Å²) in [6.07, 6.45) is 1.93. The zero-order valence-corrected chi connectivity index (χ0v) is 16.7. The van der Waals surface area contributed by atoms with Crippen LogP contribution in [0.25, 0.3) is 0 Å². The highest BCUT2D eigenvalue weighted by molar-refractivity contribution is 6.32. The zero-order valence-electron chi connectivity index (χ0n) is 16.7. The molecule has 2 aromatic rings. The van der Waals surface area contributed by atoms with E-state index in [0.29, 0.717) is 11.4 Å². The predicted molar refractivity (Wildman–Crippen MR) is 115 cm³/mol. The van der Waals surface area contributed by atoms with Crippen molar-refractivity contribution in [2.24, 2.45) is 5.10 Å². The molecule has 0 spiro atoms. The van der Waals surface area contributed by atoms with E-state index in [4.69, 9.17) is 0 Å². The van der Waals surface area contributed by atoms with Crippen molar-refractivity contribution < 1.29 is 19.5 Å². The van der Waals surface area contributed by atoms with E-state index in [-0.39, 0.29) is 23.6 Å². The van der Waals surface area contributed by atoms with Crippen molar-refractivity contribution in [3.8, 4) is 0 Å². The maximum absolute atomic E-state index is 13.0. The molecule has 30 heavy (non-hydrogen) atoms. The molecular formula is C22H22N4O4. The number of aliphatic carboxylic acids is 1. The number of hydrazone groups is 1. The number of rotatable bonds is 7. The Balaban J connectivity index is 1.88. The van der Waals surface area contributed by atoms with Crippen LogP contribution in [0.15, 0.2) is 65.4 Å². The van der Waals surface area contributed by atoms with Gasteiger partial charge < -0.3 is 15.7 Å². The maximum Gasteiger partial charge on any atom is 0.309 e. The predicted octanol–water partition coefficient (Wildman–Crippen LogP) is 3.38. The average molecular weight is 406 g/mol. The van der Waals surface area contributed by atoms with E-state index in [0.717, 1.165) is 22.7 Å². The Morgan fingerprint density at radius 2 is 1.83 bits per heavy atom. The molecule has 0 saturated carbocycles. The van der Waals surface area contributed by atoms with Gasteiger partial charge in [-0.2, -0.15) is 10.1 Å². The number of aryl methyl sites for hydroxylation is 1. The lowest BCUT2D eigenvalue weighted by Crippen LogP contribution is -2.22. The molecule has 154 valence electrons. The van der Waals surface area contributed by atoms with E-state index in [9.17, 15) is 19.5 Å². The maximum atomic E-state index is 13.0. The molecule has 0 aliphatic carbocycles. The third kappa shape index (κ3) is 4.72. The number of nitrogens with one attached hydrogen (secondary N) is 2. The number of carbonyl (C=O) groups excluding carboxylic acids is 2. The standard InChI is InChI=1S/C22H22N4O4/c1-3-15-6-4-5-7-19(15)23-13-18-20(12-21(28)29)25-26(22(18)30)17-10-8-16(9-11-17)24-14(2)27/h4-11,13,23H,3,12H2,1-2H3,(H,24,27)(H,28,29)/b18-13+. The summed E-state index contributed by atoms with van der Waals surface area (Å²) < 4.78 is 0. The first-order chi connectivity index (χ1) is 14.4. The van der Waals surface area contributed by atoms with Crippen LogP contribution in [0.2, 0.25) is 0 Å². The van der Waals surface area contributed by atoms with Crippen LogP contribution in [0, 0.1) is 0 Å². The van der Waals surface area contributed by atoms with E-state index in [1.165, 1.54) is 13.1 Å². The van der Waals surface area contributed by atoms with Crippen LogP contribution in [-0.2, 0) is 20.8 Å². The fraction of sp³-hybridized carbons (Fsp3) is 0.182. The second-order valence-electron chi connectivity index (χ2n) is 6.68. The average Bonchev–Trinajstić information content (AvgIpc) is 3.01. The summed E-state index contributed by atoms with van der Waals surface area (Å²) in [4.78, 5) is 35.4. The number of hydrogen-bond acceptors (Lipinski definition) is 5. The van der Waals surface area contributed by atoms with Crippen molar-refractivity contribution in [1.82, 2.24) is 0 Å².